The monoisotopic (exact) mass is 314 g/mol. The molecule has 1 fully saturated rings. The fourth-order valence-corrected chi connectivity index (χ4v) is 3.89. The molecule has 2 rings (SSSR count). The minimum Gasteiger partial charge on any atom is -0.467 e. The van der Waals surface area contributed by atoms with Crippen LogP contribution in [0.25, 0.3) is 0 Å². The van der Waals surface area contributed by atoms with E-state index in [1.165, 1.54) is 10.6 Å². The third kappa shape index (κ3) is 4.86. The Morgan fingerprint density at radius 2 is 2.14 bits per heavy atom. The molecule has 0 bridgehead atoms. The number of hydrogen-bond acceptors (Lipinski definition) is 4. The zero-order valence-corrected chi connectivity index (χ0v) is 13.1. The molecule has 1 N–H and O–H groups in total. The summed E-state index contributed by atoms with van der Waals surface area (Å²) >= 11 is 0. The van der Waals surface area contributed by atoms with Crippen molar-refractivity contribution in [2.45, 2.75) is 44.7 Å². The number of carbonyl (C=O) groups excluding carboxylic acids is 1. The zero-order valence-electron chi connectivity index (χ0n) is 12.2. The molecule has 0 atom stereocenters. The first-order chi connectivity index (χ1) is 9.97. The Morgan fingerprint density at radius 3 is 2.71 bits per heavy atom. The van der Waals surface area contributed by atoms with E-state index in [1.54, 1.807) is 18.4 Å². The van der Waals surface area contributed by atoms with Gasteiger partial charge in [0.1, 0.15) is 5.76 Å². The van der Waals surface area contributed by atoms with Gasteiger partial charge in [0, 0.05) is 19.0 Å². The molecule has 7 heteroatoms. The van der Waals surface area contributed by atoms with Gasteiger partial charge in [-0.1, -0.05) is 12.8 Å². The van der Waals surface area contributed by atoms with Crippen molar-refractivity contribution in [1.82, 2.24) is 9.62 Å². The second kappa shape index (κ2) is 7.09. The molecule has 118 valence electrons. The van der Waals surface area contributed by atoms with Crippen LogP contribution in [0.5, 0.6) is 0 Å². The lowest BCUT2D eigenvalue weighted by molar-refractivity contribution is -0.121. The van der Waals surface area contributed by atoms with E-state index in [0.717, 1.165) is 25.7 Å². The average molecular weight is 314 g/mol. The van der Waals surface area contributed by atoms with Gasteiger partial charge >= 0.3 is 0 Å². The van der Waals surface area contributed by atoms with E-state index in [0.29, 0.717) is 12.3 Å². The van der Waals surface area contributed by atoms with Crippen LogP contribution >= 0.6 is 0 Å². The molecule has 21 heavy (non-hydrogen) atoms. The van der Waals surface area contributed by atoms with Crippen LogP contribution in [0.1, 0.15) is 37.9 Å². The van der Waals surface area contributed by atoms with Gasteiger partial charge in [0.2, 0.25) is 15.9 Å². The van der Waals surface area contributed by atoms with Gasteiger partial charge in [0.15, 0.2) is 0 Å². The van der Waals surface area contributed by atoms with Crippen molar-refractivity contribution in [3.63, 3.8) is 0 Å². The molecular formula is C14H22N2O4S. The third-order valence-corrected chi connectivity index (χ3v) is 5.09. The minimum absolute atomic E-state index is 0.0536. The molecule has 0 spiro atoms. The molecule has 1 aromatic heterocycles. The quantitative estimate of drug-likeness (QED) is 0.827. The highest BCUT2D eigenvalue weighted by Gasteiger charge is 2.29. The fraction of sp³-hybridized carbons (Fsp3) is 0.643. The van der Waals surface area contributed by atoms with Crippen molar-refractivity contribution >= 4 is 15.9 Å². The summed E-state index contributed by atoms with van der Waals surface area (Å²) in [6.45, 7) is 0.571. The number of nitrogens with zero attached hydrogens (tertiary/aromatic N) is 1. The van der Waals surface area contributed by atoms with Gasteiger partial charge in [-0.05, 0) is 25.0 Å². The van der Waals surface area contributed by atoms with E-state index in [2.05, 4.69) is 5.32 Å². The van der Waals surface area contributed by atoms with Crippen LogP contribution in [0, 0.1) is 0 Å². The molecule has 1 saturated carbocycles. The molecule has 0 unspecified atom stereocenters. The van der Waals surface area contributed by atoms with E-state index >= 15 is 0 Å². The number of amides is 1. The van der Waals surface area contributed by atoms with Crippen LogP contribution in [0.4, 0.5) is 0 Å². The molecule has 1 aromatic rings. The summed E-state index contributed by atoms with van der Waals surface area (Å²) in [5.74, 6) is 0.511. The first-order valence-corrected chi connectivity index (χ1v) is 9.07. The van der Waals surface area contributed by atoms with Crippen molar-refractivity contribution in [3.05, 3.63) is 24.2 Å². The largest absolute Gasteiger partial charge is 0.467 e. The number of furan rings is 1. The number of sulfonamides is 1. The number of carbonyl (C=O) groups is 1. The predicted molar refractivity (Wildman–Crippen MR) is 79.0 cm³/mol. The summed E-state index contributed by atoms with van der Waals surface area (Å²) in [6, 6.07) is 3.59. The smallest absolute Gasteiger partial charge is 0.221 e. The van der Waals surface area contributed by atoms with Crippen molar-refractivity contribution in [2.24, 2.45) is 0 Å². The molecule has 1 heterocycles. The van der Waals surface area contributed by atoms with E-state index in [-0.39, 0.29) is 24.9 Å². The average Bonchev–Trinajstić information content (AvgIpc) is 3.08. The predicted octanol–water partition coefficient (Wildman–Crippen LogP) is 1.49. The van der Waals surface area contributed by atoms with E-state index in [4.69, 9.17) is 4.42 Å². The minimum atomic E-state index is -3.27. The lowest BCUT2D eigenvalue weighted by Gasteiger charge is -2.26. The Bertz CT molecular complexity index is 548. The Hall–Kier alpha value is -1.34. The highest BCUT2D eigenvalue weighted by molar-refractivity contribution is 7.88. The molecule has 0 saturated heterocycles. The lowest BCUT2D eigenvalue weighted by atomic mass is 10.2. The number of nitrogens with one attached hydrogen (secondary N) is 1. The SMILES string of the molecule is CS(=O)(=O)N(CCC(=O)NCc1ccco1)C1CCCC1. The summed E-state index contributed by atoms with van der Waals surface area (Å²) < 4.78 is 30.3. The van der Waals surface area contributed by atoms with Gasteiger partial charge in [-0.25, -0.2) is 8.42 Å². The van der Waals surface area contributed by atoms with E-state index in [9.17, 15) is 13.2 Å². The van der Waals surface area contributed by atoms with Crippen molar-refractivity contribution < 1.29 is 17.6 Å². The lowest BCUT2D eigenvalue weighted by Crippen LogP contribution is -2.40. The second-order valence-electron chi connectivity index (χ2n) is 5.42. The molecule has 0 aromatic carbocycles. The number of rotatable bonds is 7. The maximum atomic E-state index is 11.9. The number of hydrogen-bond donors (Lipinski definition) is 1. The highest BCUT2D eigenvalue weighted by atomic mass is 32.2. The Morgan fingerprint density at radius 1 is 1.43 bits per heavy atom. The van der Waals surface area contributed by atoms with Gasteiger partial charge in [0.05, 0.1) is 19.1 Å². The summed E-state index contributed by atoms with van der Waals surface area (Å²) in [5, 5.41) is 2.73. The molecule has 0 aliphatic heterocycles. The van der Waals surface area contributed by atoms with Crippen LogP contribution < -0.4 is 5.32 Å². The molecule has 1 aliphatic carbocycles. The van der Waals surface area contributed by atoms with Crippen molar-refractivity contribution in [3.8, 4) is 0 Å². The van der Waals surface area contributed by atoms with Crippen LogP contribution in [-0.4, -0.2) is 37.5 Å². The van der Waals surface area contributed by atoms with E-state index < -0.39 is 10.0 Å². The van der Waals surface area contributed by atoms with Crippen molar-refractivity contribution in [2.75, 3.05) is 12.8 Å². The van der Waals surface area contributed by atoms with Crippen LogP contribution in [0.3, 0.4) is 0 Å². The molecule has 0 radical (unpaired) electrons. The molecular weight excluding hydrogens is 292 g/mol. The van der Waals surface area contributed by atoms with Gasteiger partial charge in [0.25, 0.3) is 0 Å². The summed E-state index contributed by atoms with van der Waals surface area (Å²) in [4.78, 5) is 11.8. The third-order valence-electron chi connectivity index (χ3n) is 3.76. The Balaban J connectivity index is 1.82. The molecule has 1 amide bonds. The Kier molecular flexibility index (Phi) is 5.41. The van der Waals surface area contributed by atoms with Crippen LogP contribution in [-0.2, 0) is 21.4 Å². The fourth-order valence-electron chi connectivity index (χ4n) is 2.71. The first kappa shape index (κ1) is 16.0. The second-order valence-corrected chi connectivity index (χ2v) is 7.35. The maximum Gasteiger partial charge on any atom is 0.221 e. The molecule has 1 aliphatic rings. The summed E-state index contributed by atoms with van der Waals surface area (Å²) in [5.41, 5.74) is 0. The van der Waals surface area contributed by atoms with Crippen LogP contribution in [0.15, 0.2) is 22.8 Å². The molecule has 6 nitrogen and oxygen atoms in total. The normalized spacial score (nSPS) is 16.5. The van der Waals surface area contributed by atoms with Gasteiger partial charge < -0.3 is 9.73 Å². The Labute approximate surface area is 125 Å². The summed E-state index contributed by atoms with van der Waals surface area (Å²) in [6.07, 6.45) is 6.83. The maximum absolute atomic E-state index is 11.9. The summed E-state index contributed by atoms with van der Waals surface area (Å²) in [7, 11) is -3.27. The highest BCUT2D eigenvalue weighted by Crippen LogP contribution is 2.25. The van der Waals surface area contributed by atoms with Gasteiger partial charge in [-0.3, -0.25) is 4.79 Å². The first-order valence-electron chi connectivity index (χ1n) is 7.23. The zero-order chi connectivity index (χ0) is 15.3. The van der Waals surface area contributed by atoms with Gasteiger partial charge in [-0.2, -0.15) is 4.31 Å². The topological polar surface area (TPSA) is 79.6 Å². The van der Waals surface area contributed by atoms with Crippen molar-refractivity contribution in [1.29, 1.82) is 0 Å². The van der Waals surface area contributed by atoms with Gasteiger partial charge in [-0.15, -0.1) is 0 Å². The standard InChI is InChI=1S/C14H22N2O4S/c1-21(18,19)16(12-5-2-3-6-12)9-8-14(17)15-11-13-7-4-10-20-13/h4,7,10,12H,2-3,5-6,8-9,11H2,1H3,(H,15,17). The van der Waals surface area contributed by atoms with E-state index in [1.807, 2.05) is 0 Å². The van der Waals surface area contributed by atoms with Crippen LogP contribution in [0.2, 0.25) is 0 Å².